The minimum atomic E-state index is -0.154. The summed E-state index contributed by atoms with van der Waals surface area (Å²) in [4.78, 5) is 28.0. The molecular formula is C25H27N5O3S. The number of thiophene rings is 1. The van der Waals surface area contributed by atoms with Gasteiger partial charge in [-0.2, -0.15) is 5.26 Å². The highest BCUT2D eigenvalue weighted by Gasteiger charge is 2.27. The molecule has 0 atom stereocenters. The Hall–Kier alpha value is -3.77. The third-order valence-corrected chi connectivity index (χ3v) is 7.13. The highest BCUT2D eigenvalue weighted by Crippen LogP contribution is 2.36. The molecule has 0 saturated heterocycles. The third kappa shape index (κ3) is 5.07. The minimum absolute atomic E-state index is 0.138. The van der Waals surface area contributed by atoms with Crippen molar-refractivity contribution in [3.8, 4) is 11.8 Å². The number of nitrogens with one attached hydrogen (secondary N) is 2. The molecule has 0 unspecified atom stereocenters. The van der Waals surface area contributed by atoms with Gasteiger partial charge in [0.25, 0.3) is 0 Å². The minimum Gasteiger partial charge on any atom is -0.496 e. The molecule has 0 saturated carbocycles. The van der Waals surface area contributed by atoms with Gasteiger partial charge < -0.3 is 24.8 Å². The van der Waals surface area contributed by atoms with Crippen LogP contribution in [-0.2, 0) is 37.8 Å². The van der Waals surface area contributed by atoms with E-state index in [2.05, 4.69) is 16.7 Å². The molecule has 0 fully saturated rings. The van der Waals surface area contributed by atoms with Crippen molar-refractivity contribution in [3.63, 3.8) is 0 Å². The molecule has 1 aliphatic rings. The number of nitriles is 1. The number of para-hydroxylation sites is 1. The average Bonchev–Trinajstić information content (AvgIpc) is 3.42. The number of aromatic nitrogens is 1. The molecule has 4 rings (SSSR count). The number of urea groups is 1. The van der Waals surface area contributed by atoms with Gasteiger partial charge in [0, 0.05) is 36.8 Å². The Morgan fingerprint density at radius 2 is 2.06 bits per heavy atom. The number of carbonyl (C=O) groups excluding carboxylic acids is 2. The van der Waals surface area contributed by atoms with E-state index in [1.54, 1.807) is 12.0 Å². The summed E-state index contributed by atoms with van der Waals surface area (Å²) in [6, 6.07) is 13.6. The van der Waals surface area contributed by atoms with Crippen LogP contribution in [0.3, 0.4) is 0 Å². The summed E-state index contributed by atoms with van der Waals surface area (Å²) in [5, 5.41) is 16.2. The molecule has 176 valence electrons. The smallest absolute Gasteiger partial charge is 0.318 e. The van der Waals surface area contributed by atoms with Crippen molar-refractivity contribution in [1.29, 1.82) is 5.26 Å². The van der Waals surface area contributed by atoms with Crippen LogP contribution in [0.15, 0.2) is 42.6 Å². The molecule has 0 spiro atoms. The Labute approximate surface area is 202 Å². The maximum Gasteiger partial charge on any atom is 0.318 e. The number of aryl methyl sites for hydroxylation is 2. The fraction of sp³-hybridized carbons (Fsp3) is 0.320. The van der Waals surface area contributed by atoms with E-state index in [1.807, 2.05) is 54.2 Å². The number of ether oxygens (including phenoxy) is 1. The number of amides is 3. The van der Waals surface area contributed by atoms with Crippen LogP contribution in [0.4, 0.5) is 9.80 Å². The number of rotatable bonds is 7. The molecular weight excluding hydrogens is 450 g/mol. The standard InChI is InChI=1S/C25H27N5O3S/c1-29-12-5-7-18(29)15-27-25(32)30-13-11-19-20(14-26)24(34-22(19)16-30)28-23(31)10-9-17-6-3-4-8-21(17)33-2/h3-8,12H,9-11,13,15-16H2,1-2H3,(H,27,32)(H,28,31). The SMILES string of the molecule is COc1ccccc1CCC(=O)Nc1sc2c(c1C#N)CCN(C(=O)NCc1cccn1C)C2. The van der Waals surface area contributed by atoms with Gasteiger partial charge in [0.05, 0.1) is 25.8 Å². The van der Waals surface area contributed by atoms with Crippen molar-refractivity contribution in [2.45, 2.75) is 32.4 Å². The van der Waals surface area contributed by atoms with Crippen molar-refractivity contribution in [1.82, 2.24) is 14.8 Å². The number of methoxy groups -OCH3 is 1. The summed E-state index contributed by atoms with van der Waals surface area (Å²) in [5.74, 6) is 0.600. The van der Waals surface area contributed by atoms with E-state index < -0.39 is 0 Å². The quantitative estimate of drug-likeness (QED) is 0.541. The number of fused-ring (bicyclic) bond motifs is 1. The third-order valence-electron chi connectivity index (χ3n) is 5.99. The van der Waals surface area contributed by atoms with Crippen molar-refractivity contribution >= 4 is 28.3 Å². The first-order valence-electron chi connectivity index (χ1n) is 11.1. The fourth-order valence-electron chi connectivity index (χ4n) is 4.09. The first-order chi connectivity index (χ1) is 16.5. The molecule has 2 aromatic heterocycles. The van der Waals surface area contributed by atoms with Crippen LogP contribution in [0, 0.1) is 11.3 Å². The first kappa shape index (κ1) is 23.4. The van der Waals surface area contributed by atoms with Crippen LogP contribution in [0.2, 0.25) is 0 Å². The highest BCUT2D eigenvalue weighted by molar-refractivity contribution is 7.16. The predicted octanol–water partition coefficient (Wildman–Crippen LogP) is 3.81. The lowest BCUT2D eigenvalue weighted by Crippen LogP contribution is -2.42. The molecule has 0 bridgehead atoms. The molecule has 34 heavy (non-hydrogen) atoms. The zero-order valence-electron chi connectivity index (χ0n) is 19.3. The second-order valence-electron chi connectivity index (χ2n) is 8.12. The lowest BCUT2D eigenvalue weighted by Gasteiger charge is -2.27. The molecule has 8 nitrogen and oxygen atoms in total. The number of benzene rings is 1. The Bertz CT molecular complexity index is 1240. The zero-order valence-corrected chi connectivity index (χ0v) is 20.1. The summed E-state index contributed by atoms with van der Waals surface area (Å²) in [7, 11) is 3.55. The number of anilines is 1. The maximum atomic E-state index is 12.7. The summed E-state index contributed by atoms with van der Waals surface area (Å²) in [5.41, 5.74) is 3.42. The number of carbonyl (C=O) groups is 2. The monoisotopic (exact) mass is 477 g/mol. The zero-order chi connectivity index (χ0) is 24.1. The lowest BCUT2D eigenvalue weighted by atomic mass is 10.0. The molecule has 9 heteroatoms. The summed E-state index contributed by atoms with van der Waals surface area (Å²) in [6.45, 7) is 1.40. The summed E-state index contributed by atoms with van der Waals surface area (Å²) >= 11 is 1.38. The number of nitrogens with zero attached hydrogens (tertiary/aromatic N) is 3. The highest BCUT2D eigenvalue weighted by atomic mass is 32.1. The van der Waals surface area contributed by atoms with Gasteiger partial charge >= 0.3 is 6.03 Å². The summed E-state index contributed by atoms with van der Waals surface area (Å²) < 4.78 is 7.32. The van der Waals surface area contributed by atoms with E-state index in [1.165, 1.54) is 11.3 Å². The Morgan fingerprint density at radius 1 is 1.24 bits per heavy atom. The van der Waals surface area contributed by atoms with Gasteiger partial charge in [-0.25, -0.2) is 4.79 Å². The van der Waals surface area contributed by atoms with Gasteiger partial charge in [0.1, 0.15) is 16.8 Å². The average molecular weight is 478 g/mol. The maximum absolute atomic E-state index is 12.7. The van der Waals surface area contributed by atoms with Gasteiger partial charge in [0.15, 0.2) is 0 Å². The van der Waals surface area contributed by atoms with Gasteiger partial charge in [0.2, 0.25) is 5.91 Å². The molecule has 1 aliphatic heterocycles. The van der Waals surface area contributed by atoms with E-state index in [0.717, 1.165) is 27.4 Å². The lowest BCUT2D eigenvalue weighted by molar-refractivity contribution is -0.116. The Morgan fingerprint density at radius 3 is 2.79 bits per heavy atom. The largest absolute Gasteiger partial charge is 0.496 e. The van der Waals surface area contributed by atoms with Crippen LogP contribution in [0.1, 0.15) is 33.7 Å². The van der Waals surface area contributed by atoms with Gasteiger partial charge in [-0.05, 0) is 42.2 Å². The van der Waals surface area contributed by atoms with Crippen molar-refractivity contribution in [2.75, 3.05) is 19.0 Å². The topological polar surface area (TPSA) is 99.4 Å². The van der Waals surface area contributed by atoms with Crippen molar-refractivity contribution in [2.24, 2.45) is 7.05 Å². The fourth-order valence-corrected chi connectivity index (χ4v) is 5.32. The molecule has 2 N–H and O–H groups in total. The van der Waals surface area contributed by atoms with E-state index in [9.17, 15) is 14.9 Å². The molecule has 0 radical (unpaired) electrons. The van der Waals surface area contributed by atoms with Gasteiger partial charge in [-0.15, -0.1) is 11.3 Å². The van der Waals surface area contributed by atoms with Crippen LogP contribution in [-0.4, -0.2) is 35.1 Å². The van der Waals surface area contributed by atoms with E-state index in [4.69, 9.17) is 4.74 Å². The Balaban J connectivity index is 1.38. The normalized spacial score (nSPS) is 12.6. The molecule has 0 aliphatic carbocycles. The second kappa shape index (κ2) is 10.4. The second-order valence-corrected chi connectivity index (χ2v) is 9.23. The van der Waals surface area contributed by atoms with Crippen LogP contribution in [0.5, 0.6) is 5.75 Å². The Kier molecular flexibility index (Phi) is 7.18. The van der Waals surface area contributed by atoms with Gasteiger partial charge in [-0.1, -0.05) is 18.2 Å². The number of hydrogen-bond acceptors (Lipinski definition) is 5. The molecule has 1 aromatic carbocycles. The van der Waals surface area contributed by atoms with Crippen LogP contribution in [0.25, 0.3) is 0 Å². The summed E-state index contributed by atoms with van der Waals surface area (Å²) in [6.07, 6.45) is 3.35. The van der Waals surface area contributed by atoms with Gasteiger partial charge in [-0.3, -0.25) is 4.79 Å². The van der Waals surface area contributed by atoms with E-state index in [-0.39, 0.29) is 18.4 Å². The predicted molar refractivity (Wildman–Crippen MR) is 131 cm³/mol. The van der Waals surface area contributed by atoms with Crippen LogP contribution < -0.4 is 15.4 Å². The molecule has 3 aromatic rings. The molecule has 3 amide bonds. The first-order valence-corrected chi connectivity index (χ1v) is 11.9. The number of hydrogen-bond donors (Lipinski definition) is 2. The van der Waals surface area contributed by atoms with Crippen molar-refractivity contribution < 1.29 is 14.3 Å². The van der Waals surface area contributed by atoms with E-state index >= 15 is 0 Å². The van der Waals surface area contributed by atoms with E-state index in [0.29, 0.717) is 43.0 Å². The molecule has 3 heterocycles. The van der Waals surface area contributed by atoms with Crippen LogP contribution >= 0.6 is 11.3 Å². The van der Waals surface area contributed by atoms with Crippen molar-refractivity contribution in [3.05, 3.63) is 69.9 Å².